The van der Waals surface area contributed by atoms with E-state index in [9.17, 15) is 9.90 Å². The number of ether oxygens (including phenoxy) is 2. The van der Waals surface area contributed by atoms with Gasteiger partial charge < -0.3 is 14.6 Å². The largest absolute Gasteiger partial charge is 0.497 e. The van der Waals surface area contributed by atoms with Crippen molar-refractivity contribution < 1.29 is 19.4 Å². The summed E-state index contributed by atoms with van der Waals surface area (Å²) in [7, 11) is 3.13. The maximum Gasteiger partial charge on any atom is 0.291 e. The molecule has 1 unspecified atom stereocenters. The third-order valence-electron chi connectivity index (χ3n) is 4.30. The molecule has 30 heavy (non-hydrogen) atoms. The van der Waals surface area contributed by atoms with Gasteiger partial charge in [0.05, 0.1) is 44.6 Å². The number of carbonyl (C=O) groups excluding carboxylic acids is 1. The predicted molar refractivity (Wildman–Crippen MR) is 113 cm³/mol. The molecule has 1 heterocycles. The normalized spacial score (nSPS) is 11.9. The summed E-state index contributed by atoms with van der Waals surface area (Å²) in [6.07, 6.45) is 3.76. The third kappa shape index (κ3) is 5.18. The van der Waals surface area contributed by atoms with Crippen LogP contribution in [-0.4, -0.2) is 41.4 Å². The van der Waals surface area contributed by atoms with Gasteiger partial charge in [-0.3, -0.25) is 9.78 Å². The lowest BCUT2D eigenvalue weighted by Crippen LogP contribution is -2.19. The van der Waals surface area contributed by atoms with E-state index in [-0.39, 0.29) is 5.69 Å². The molecule has 1 aromatic heterocycles. The zero-order valence-electron chi connectivity index (χ0n) is 16.9. The number of hydrazone groups is 1. The number of amides is 1. The molecular weight excluding hydrogens is 384 g/mol. The van der Waals surface area contributed by atoms with Crippen molar-refractivity contribution in [2.45, 2.75) is 13.0 Å². The Balaban J connectivity index is 1.73. The van der Waals surface area contributed by atoms with E-state index in [4.69, 9.17) is 9.47 Å². The van der Waals surface area contributed by atoms with Gasteiger partial charge in [0.1, 0.15) is 17.2 Å². The first-order valence-electron chi connectivity index (χ1n) is 9.17. The summed E-state index contributed by atoms with van der Waals surface area (Å²) in [6.45, 7) is 1.66. The number of hydrogen-bond donors (Lipinski definition) is 2. The van der Waals surface area contributed by atoms with Crippen molar-refractivity contribution in [1.29, 1.82) is 0 Å². The minimum Gasteiger partial charge on any atom is -0.497 e. The third-order valence-corrected chi connectivity index (χ3v) is 4.30. The smallest absolute Gasteiger partial charge is 0.291 e. The summed E-state index contributed by atoms with van der Waals surface area (Å²) in [5, 5.41) is 13.8. The first-order valence-corrected chi connectivity index (χ1v) is 9.17. The van der Waals surface area contributed by atoms with E-state index in [1.807, 2.05) is 24.3 Å². The van der Waals surface area contributed by atoms with Gasteiger partial charge in [0.25, 0.3) is 5.91 Å². The molecule has 0 aliphatic rings. The number of hydrogen-bond acceptors (Lipinski definition) is 7. The first kappa shape index (κ1) is 20.9. The molecule has 8 nitrogen and oxygen atoms in total. The maximum atomic E-state index is 12.4. The molecule has 0 spiro atoms. The Morgan fingerprint density at radius 2 is 1.83 bits per heavy atom. The molecule has 3 aromatic rings. The summed E-state index contributed by atoms with van der Waals surface area (Å²) >= 11 is 0. The molecule has 1 atom stereocenters. The maximum absolute atomic E-state index is 12.4. The Morgan fingerprint density at radius 3 is 2.50 bits per heavy atom. The minimum atomic E-state index is -0.655. The van der Waals surface area contributed by atoms with E-state index in [1.165, 1.54) is 12.4 Å². The molecule has 2 N–H and O–H groups in total. The SMILES string of the molecule is COc1ccc(-c2cncc(C(=O)N/N=C/c3cc(OC)cc(C(C)O)c3)n2)cc1. The lowest BCUT2D eigenvalue weighted by atomic mass is 10.1. The average Bonchev–Trinajstić information content (AvgIpc) is 2.78. The Labute approximate surface area is 174 Å². The topological polar surface area (TPSA) is 106 Å². The fourth-order valence-electron chi connectivity index (χ4n) is 2.68. The lowest BCUT2D eigenvalue weighted by molar-refractivity contribution is 0.0950. The van der Waals surface area contributed by atoms with Crippen LogP contribution in [0.2, 0.25) is 0 Å². The number of methoxy groups -OCH3 is 2. The van der Waals surface area contributed by atoms with E-state index in [2.05, 4.69) is 20.5 Å². The van der Waals surface area contributed by atoms with Crippen molar-refractivity contribution in [2.24, 2.45) is 5.10 Å². The molecule has 0 saturated heterocycles. The second-order valence-electron chi connectivity index (χ2n) is 6.43. The average molecular weight is 406 g/mol. The quantitative estimate of drug-likeness (QED) is 0.462. The summed E-state index contributed by atoms with van der Waals surface area (Å²) in [4.78, 5) is 20.8. The van der Waals surface area contributed by atoms with Crippen molar-refractivity contribution in [1.82, 2.24) is 15.4 Å². The second kappa shape index (κ2) is 9.62. The molecule has 3 rings (SSSR count). The van der Waals surface area contributed by atoms with Crippen LogP contribution in [0.25, 0.3) is 11.3 Å². The van der Waals surface area contributed by atoms with Crippen LogP contribution in [0.5, 0.6) is 11.5 Å². The summed E-state index contributed by atoms with van der Waals surface area (Å²) < 4.78 is 10.4. The fourth-order valence-corrected chi connectivity index (χ4v) is 2.68. The van der Waals surface area contributed by atoms with Gasteiger partial charge in [0.15, 0.2) is 0 Å². The van der Waals surface area contributed by atoms with Crippen molar-refractivity contribution >= 4 is 12.1 Å². The van der Waals surface area contributed by atoms with E-state index in [0.29, 0.717) is 22.6 Å². The molecule has 8 heteroatoms. The van der Waals surface area contributed by atoms with E-state index >= 15 is 0 Å². The van der Waals surface area contributed by atoms with Crippen LogP contribution in [0.15, 0.2) is 60.0 Å². The Morgan fingerprint density at radius 1 is 1.10 bits per heavy atom. The molecule has 0 radical (unpaired) electrons. The fraction of sp³-hybridized carbons (Fsp3) is 0.182. The molecule has 0 bridgehead atoms. The van der Waals surface area contributed by atoms with Gasteiger partial charge in [0, 0.05) is 5.56 Å². The molecule has 0 saturated carbocycles. The van der Waals surface area contributed by atoms with Gasteiger partial charge in [-0.05, 0) is 60.5 Å². The van der Waals surface area contributed by atoms with Crippen LogP contribution in [0.3, 0.4) is 0 Å². The zero-order chi connectivity index (χ0) is 21.5. The van der Waals surface area contributed by atoms with E-state index in [0.717, 1.165) is 11.3 Å². The van der Waals surface area contributed by atoms with Crippen LogP contribution in [0.4, 0.5) is 0 Å². The standard InChI is InChI=1S/C22H22N4O4/c1-14(27)17-8-15(9-19(10-17)30-3)11-24-26-22(28)21-13-23-12-20(25-21)16-4-6-18(29-2)7-5-16/h4-14,27H,1-3H3,(H,26,28)/b24-11+. The number of carbonyl (C=O) groups is 1. The number of aromatic nitrogens is 2. The van der Waals surface area contributed by atoms with Crippen molar-refractivity contribution in [3.8, 4) is 22.8 Å². The molecule has 0 fully saturated rings. The Kier molecular flexibility index (Phi) is 6.71. The van der Waals surface area contributed by atoms with Crippen molar-refractivity contribution in [3.05, 3.63) is 71.7 Å². The van der Waals surface area contributed by atoms with Gasteiger partial charge >= 0.3 is 0 Å². The number of aliphatic hydroxyl groups excluding tert-OH is 1. The lowest BCUT2D eigenvalue weighted by Gasteiger charge is -2.09. The second-order valence-corrected chi connectivity index (χ2v) is 6.43. The zero-order valence-corrected chi connectivity index (χ0v) is 16.9. The van der Waals surface area contributed by atoms with Crippen LogP contribution in [0.1, 0.15) is 34.6 Å². The highest BCUT2D eigenvalue weighted by Crippen LogP contribution is 2.21. The minimum absolute atomic E-state index is 0.135. The first-order chi connectivity index (χ1) is 14.5. The van der Waals surface area contributed by atoms with E-state index in [1.54, 1.807) is 45.5 Å². The van der Waals surface area contributed by atoms with Gasteiger partial charge in [0.2, 0.25) is 0 Å². The Bertz CT molecular complexity index is 1050. The van der Waals surface area contributed by atoms with Crippen LogP contribution < -0.4 is 14.9 Å². The Hall–Kier alpha value is -3.78. The van der Waals surface area contributed by atoms with Crippen LogP contribution >= 0.6 is 0 Å². The summed E-state index contributed by atoms with van der Waals surface area (Å²) in [5.41, 5.74) is 5.29. The van der Waals surface area contributed by atoms with E-state index < -0.39 is 12.0 Å². The van der Waals surface area contributed by atoms with Crippen LogP contribution in [0, 0.1) is 0 Å². The number of nitrogens with zero attached hydrogens (tertiary/aromatic N) is 3. The molecule has 2 aromatic carbocycles. The number of benzene rings is 2. The summed E-state index contributed by atoms with van der Waals surface area (Å²) in [5.74, 6) is 0.818. The van der Waals surface area contributed by atoms with Gasteiger partial charge in [-0.25, -0.2) is 10.4 Å². The van der Waals surface area contributed by atoms with Crippen molar-refractivity contribution in [3.63, 3.8) is 0 Å². The van der Waals surface area contributed by atoms with Crippen LogP contribution in [-0.2, 0) is 0 Å². The molecule has 154 valence electrons. The highest BCUT2D eigenvalue weighted by Gasteiger charge is 2.10. The predicted octanol–water partition coefficient (Wildman–Crippen LogP) is 2.98. The summed E-state index contributed by atoms with van der Waals surface area (Å²) in [6, 6.07) is 12.5. The monoisotopic (exact) mass is 406 g/mol. The number of rotatable bonds is 7. The highest BCUT2D eigenvalue weighted by molar-refractivity contribution is 5.93. The molecule has 1 amide bonds. The van der Waals surface area contributed by atoms with Gasteiger partial charge in [-0.15, -0.1) is 0 Å². The molecule has 0 aliphatic carbocycles. The molecular formula is C22H22N4O4. The van der Waals surface area contributed by atoms with Crippen molar-refractivity contribution in [2.75, 3.05) is 14.2 Å². The van der Waals surface area contributed by atoms with Gasteiger partial charge in [-0.1, -0.05) is 0 Å². The number of nitrogens with one attached hydrogen (secondary N) is 1. The highest BCUT2D eigenvalue weighted by atomic mass is 16.5. The van der Waals surface area contributed by atoms with Gasteiger partial charge in [-0.2, -0.15) is 5.10 Å². The number of aliphatic hydroxyl groups is 1. The molecule has 0 aliphatic heterocycles.